The maximum atomic E-state index is 12.5. The maximum Gasteiger partial charge on any atom is 0.407 e. The second-order valence-corrected chi connectivity index (χ2v) is 6.69. The molecule has 7 nitrogen and oxygen atoms in total. The largest absolute Gasteiger partial charge is 0.465 e. The van der Waals surface area contributed by atoms with Gasteiger partial charge in [0.15, 0.2) is 0 Å². The van der Waals surface area contributed by atoms with E-state index < -0.39 is 6.09 Å². The number of hydrogen-bond acceptors (Lipinski definition) is 3. The van der Waals surface area contributed by atoms with Gasteiger partial charge in [0, 0.05) is 32.4 Å². The quantitative estimate of drug-likeness (QED) is 0.855. The van der Waals surface area contributed by atoms with Crippen LogP contribution in [0, 0.1) is 0 Å². The number of carboxylic acid groups (broad SMARTS) is 1. The van der Waals surface area contributed by atoms with Crippen LogP contribution in [-0.4, -0.2) is 45.1 Å². The number of nitrogens with zero attached hydrogens (tertiary/aromatic N) is 3. The van der Waals surface area contributed by atoms with Crippen LogP contribution in [0.1, 0.15) is 23.1 Å². The lowest BCUT2D eigenvalue weighted by Crippen LogP contribution is -2.33. The normalized spacial score (nSPS) is 15.9. The van der Waals surface area contributed by atoms with Crippen molar-refractivity contribution in [1.29, 1.82) is 0 Å². The van der Waals surface area contributed by atoms with E-state index in [2.05, 4.69) is 10.3 Å². The predicted octanol–water partition coefficient (Wildman–Crippen LogP) is 3.40. The highest BCUT2D eigenvalue weighted by atomic mass is 16.4. The topological polar surface area (TPSA) is 85.8 Å². The summed E-state index contributed by atoms with van der Waals surface area (Å²) in [6.07, 6.45) is 3.39. The molecule has 0 fully saturated rings. The van der Waals surface area contributed by atoms with Gasteiger partial charge in [0.2, 0.25) is 0 Å². The van der Waals surface area contributed by atoms with Gasteiger partial charge in [0.1, 0.15) is 5.82 Å². The van der Waals surface area contributed by atoms with Crippen molar-refractivity contribution in [2.75, 3.05) is 18.4 Å². The highest BCUT2D eigenvalue weighted by Gasteiger charge is 2.23. The van der Waals surface area contributed by atoms with Gasteiger partial charge in [-0.1, -0.05) is 30.3 Å². The number of aromatic nitrogens is 1. The van der Waals surface area contributed by atoms with Crippen molar-refractivity contribution in [3.8, 4) is 0 Å². The summed E-state index contributed by atoms with van der Waals surface area (Å²) in [5, 5.41) is 11.8. The van der Waals surface area contributed by atoms with E-state index in [-0.39, 0.29) is 6.03 Å². The van der Waals surface area contributed by atoms with Gasteiger partial charge in [-0.2, -0.15) is 0 Å². The fraction of sp³-hybridized carbons (Fsp3) is 0.250. The minimum Gasteiger partial charge on any atom is -0.465 e. The Morgan fingerprint density at radius 3 is 2.33 bits per heavy atom. The fourth-order valence-electron chi connectivity index (χ4n) is 3.43. The Morgan fingerprint density at radius 1 is 1.04 bits per heavy atom. The molecule has 2 aliphatic heterocycles. The van der Waals surface area contributed by atoms with Gasteiger partial charge in [0.05, 0.1) is 0 Å². The van der Waals surface area contributed by atoms with E-state index in [1.807, 2.05) is 36.4 Å². The molecule has 0 atom stereocenters. The summed E-state index contributed by atoms with van der Waals surface area (Å²) in [5.74, 6) is 0.503. The minimum absolute atomic E-state index is 0.166. The van der Waals surface area contributed by atoms with Gasteiger partial charge in [-0.05, 0) is 40.8 Å². The summed E-state index contributed by atoms with van der Waals surface area (Å²) in [6.45, 7) is 2.08. The number of rotatable bonds is 2. The first kappa shape index (κ1) is 17.1. The molecule has 4 rings (SSSR count). The van der Waals surface area contributed by atoms with Gasteiger partial charge in [-0.15, -0.1) is 0 Å². The molecule has 3 amide bonds. The summed E-state index contributed by atoms with van der Waals surface area (Å²) < 4.78 is 0. The molecule has 138 valence electrons. The van der Waals surface area contributed by atoms with Gasteiger partial charge in [-0.3, -0.25) is 5.32 Å². The molecule has 0 aliphatic carbocycles. The number of anilines is 1. The monoisotopic (exact) mass is 364 g/mol. The Labute approximate surface area is 156 Å². The third-order valence-corrected chi connectivity index (χ3v) is 4.98. The first-order chi connectivity index (χ1) is 13.1. The van der Waals surface area contributed by atoms with Crippen LogP contribution < -0.4 is 5.32 Å². The van der Waals surface area contributed by atoms with Crippen molar-refractivity contribution in [2.24, 2.45) is 0 Å². The van der Waals surface area contributed by atoms with E-state index in [1.54, 1.807) is 17.2 Å². The molecule has 0 bridgehead atoms. The van der Waals surface area contributed by atoms with Crippen LogP contribution in [0.15, 0.2) is 48.7 Å². The molecule has 0 saturated heterocycles. The average molecular weight is 364 g/mol. The molecule has 0 saturated carbocycles. The summed E-state index contributed by atoms with van der Waals surface area (Å²) >= 11 is 0. The number of carbonyl (C=O) groups excluding carboxylic acids is 1. The molecule has 7 heteroatoms. The number of urea groups is 1. The molecular formula is C20H20N4O3. The van der Waals surface area contributed by atoms with Crippen molar-refractivity contribution in [3.63, 3.8) is 0 Å². The number of benzene rings is 1. The Morgan fingerprint density at radius 2 is 1.78 bits per heavy atom. The maximum absolute atomic E-state index is 12.5. The molecule has 2 N–H and O–H groups in total. The number of pyridine rings is 1. The second kappa shape index (κ2) is 7.11. The van der Waals surface area contributed by atoms with Crippen LogP contribution in [0.5, 0.6) is 0 Å². The van der Waals surface area contributed by atoms with E-state index in [4.69, 9.17) is 5.11 Å². The van der Waals surface area contributed by atoms with Crippen LogP contribution >= 0.6 is 0 Å². The van der Waals surface area contributed by atoms with E-state index in [9.17, 15) is 9.59 Å². The van der Waals surface area contributed by atoms with E-state index in [1.165, 1.54) is 16.0 Å². The van der Waals surface area contributed by atoms with Crippen LogP contribution in [0.25, 0.3) is 5.57 Å². The first-order valence-electron chi connectivity index (χ1n) is 8.86. The van der Waals surface area contributed by atoms with Gasteiger partial charge < -0.3 is 14.9 Å². The van der Waals surface area contributed by atoms with Crippen molar-refractivity contribution < 1.29 is 14.7 Å². The number of nitrogens with one attached hydrogen (secondary N) is 1. The van der Waals surface area contributed by atoms with Crippen LogP contribution in [0.3, 0.4) is 0 Å². The lowest BCUT2D eigenvalue weighted by molar-refractivity contribution is 0.150. The van der Waals surface area contributed by atoms with Crippen molar-refractivity contribution in [1.82, 2.24) is 14.8 Å². The molecule has 0 unspecified atom stereocenters. The Kier molecular flexibility index (Phi) is 4.50. The van der Waals surface area contributed by atoms with Gasteiger partial charge in [-0.25, -0.2) is 14.6 Å². The zero-order valence-corrected chi connectivity index (χ0v) is 14.8. The smallest absolute Gasteiger partial charge is 0.407 e. The van der Waals surface area contributed by atoms with Crippen LogP contribution in [0.4, 0.5) is 15.4 Å². The number of carbonyl (C=O) groups is 2. The average Bonchev–Trinajstić information content (AvgIpc) is 3.13. The summed E-state index contributed by atoms with van der Waals surface area (Å²) in [7, 11) is 0. The standard InChI is InChI=1S/C20H20N4O3/c25-19(24-12-16-3-1-2-4-17(16)13-24)22-18-6-5-15(11-21-18)14-7-9-23(10-8-14)20(26)27/h1-7,11H,8-10,12-13H2,(H,26,27)(H,21,22,25). The zero-order valence-electron chi connectivity index (χ0n) is 14.8. The van der Waals surface area contributed by atoms with Gasteiger partial charge >= 0.3 is 12.1 Å². The van der Waals surface area contributed by atoms with Crippen LogP contribution in [-0.2, 0) is 13.1 Å². The Bertz CT molecular complexity index is 883. The van der Waals surface area contributed by atoms with Crippen molar-refractivity contribution in [2.45, 2.75) is 19.5 Å². The molecule has 0 spiro atoms. The highest BCUT2D eigenvalue weighted by molar-refractivity contribution is 5.88. The molecular weight excluding hydrogens is 344 g/mol. The van der Waals surface area contributed by atoms with Crippen LogP contribution in [0.2, 0.25) is 0 Å². The second-order valence-electron chi connectivity index (χ2n) is 6.69. The van der Waals surface area contributed by atoms with Crippen molar-refractivity contribution in [3.05, 3.63) is 65.4 Å². The number of amides is 3. The Hall–Kier alpha value is -3.35. The summed E-state index contributed by atoms with van der Waals surface area (Å²) in [6, 6.07) is 11.6. The van der Waals surface area contributed by atoms with E-state index >= 15 is 0 Å². The number of fused-ring (bicyclic) bond motifs is 1. The lowest BCUT2D eigenvalue weighted by atomic mass is 10.0. The Balaban J connectivity index is 1.37. The minimum atomic E-state index is -0.898. The summed E-state index contributed by atoms with van der Waals surface area (Å²) in [4.78, 5) is 30.9. The molecule has 1 aromatic carbocycles. The predicted molar refractivity (Wildman–Crippen MR) is 101 cm³/mol. The molecule has 1 aromatic heterocycles. The first-order valence-corrected chi connectivity index (χ1v) is 8.86. The van der Waals surface area contributed by atoms with E-state index in [0.717, 1.165) is 11.1 Å². The third kappa shape index (κ3) is 3.62. The molecule has 27 heavy (non-hydrogen) atoms. The fourth-order valence-corrected chi connectivity index (χ4v) is 3.43. The third-order valence-electron chi connectivity index (χ3n) is 4.98. The molecule has 0 radical (unpaired) electrons. The number of hydrogen-bond donors (Lipinski definition) is 2. The lowest BCUT2D eigenvalue weighted by Gasteiger charge is -2.23. The van der Waals surface area contributed by atoms with Crippen molar-refractivity contribution >= 4 is 23.5 Å². The highest BCUT2D eigenvalue weighted by Crippen LogP contribution is 2.24. The molecule has 2 aliphatic rings. The zero-order chi connectivity index (χ0) is 18.8. The SMILES string of the molecule is O=C(O)N1CC=C(c2ccc(NC(=O)N3Cc4ccccc4C3)nc2)CC1. The molecule has 2 aromatic rings. The summed E-state index contributed by atoms with van der Waals surface area (Å²) in [5.41, 5.74) is 4.38. The van der Waals surface area contributed by atoms with E-state index in [0.29, 0.717) is 38.4 Å². The molecule has 3 heterocycles. The van der Waals surface area contributed by atoms with Gasteiger partial charge in [0.25, 0.3) is 0 Å².